The molecule has 4 rings (SSSR count). The molecule has 34 heavy (non-hydrogen) atoms. The third-order valence-corrected chi connectivity index (χ3v) is 5.96. The number of carbonyl (C=O) groups excluding carboxylic acids is 1. The van der Waals surface area contributed by atoms with Gasteiger partial charge in [-0.25, -0.2) is 4.98 Å². The number of rotatable bonds is 6. The zero-order chi connectivity index (χ0) is 24.3. The first-order chi connectivity index (χ1) is 16.2. The first-order valence-electron chi connectivity index (χ1n) is 10.8. The molecule has 1 atom stereocenters. The highest BCUT2D eigenvalue weighted by Crippen LogP contribution is 2.34. The van der Waals surface area contributed by atoms with Crippen LogP contribution in [0.25, 0.3) is 11.1 Å². The van der Waals surface area contributed by atoms with Gasteiger partial charge in [-0.15, -0.1) is 0 Å². The van der Waals surface area contributed by atoms with E-state index in [4.69, 9.17) is 16.3 Å². The Hall–Kier alpha value is -3.26. The van der Waals surface area contributed by atoms with Crippen molar-refractivity contribution in [1.29, 1.82) is 0 Å². The SMILES string of the molecule is CC(=O)NCc1cc(-c2ccccc2Cl)ccc1N1CC[C@H](Oc2ccc(C(F)(F)F)cn2)C1. The average Bonchev–Trinajstić information content (AvgIpc) is 3.26. The van der Waals surface area contributed by atoms with Crippen LogP contribution in [-0.4, -0.2) is 30.1 Å². The number of carbonyl (C=O) groups is 1. The summed E-state index contributed by atoms with van der Waals surface area (Å²) in [4.78, 5) is 17.5. The fourth-order valence-electron chi connectivity index (χ4n) is 3.95. The molecule has 2 aromatic carbocycles. The number of aromatic nitrogens is 1. The van der Waals surface area contributed by atoms with Crippen molar-refractivity contribution in [3.05, 3.63) is 76.9 Å². The van der Waals surface area contributed by atoms with Gasteiger partial charge in [-0.05, 0) is 35.4 Å². The predicted molar refractivity (Wildman–Crippen MR) is 125 cm³/mol. The summed E-state index contributed by atoms with van der Waals surface area (Å²) in [7, 11) is 0. The van der Waals surface area contributed by atoms with Crippen molar-refractivity contribution in [2.24, 2.45) is 0 Å². The number of alkyl halides is 3. The fourth-order valence-corrected chi connectivity index (χ4v) is 4.19. The largest absolute Gasteiger partial charge is 0.472 e. The Morgan fingerprint density at radius 3 is 2.68 bits per heavy atom. The van der Waals surface area contributed by atoms with E-state index < -0.39 is 11.7 Å². The van der Waals surface area contributed by atoms with Crippen LogP contribution >= 0.6 is 11.6 Å². The third kappa shape index (κ3) is 5.62. The molecule has 1 aliphatic rings. The van der Waals surface area contributed by atoms with Crippen LogP contribution in [0.3, 0.4) is 0 Å². The van der Waals surface area contributed by atoms with Crippen LogP contribution in [0.4, 0.5) is 18.9 Å². The molecular weight excluding hydrogens is 467 g/mol. The van der Waals surface area contributed by atoms with Crippen LogP contribution in [0.15, 0.2) is 60.8 Å². The number of pyridine rings is 1. The van der Waals surface area contributed by atoms with E-state index in [1.54, 1.807) is 0 Å². The maximum atomic E-state index is 12.8. The van der Waals surface area contributed by atoms with Gasteiger partial charge in [-0.3, -0.25) is 4.79 Å². The van der Waals surface area contributed by atoms with Crippen LogP contribution in [0.1, 0.15) is 24.5 Å². The molecule has 2 heterocycles. The van der Waals surface area contributed by atoms with Gasteiger partial charge in [0.1, 0.15) is 6.10 Å². The molecule has 1 aromatic heterocycles. The second-order valence-electron chi connectivity index (χ2n) is 8.09. The van der Waals surface area contributed by atoms with E-state index in [9.17, 15) is 18.0 Å². The molecule has 0 spiro atoms. The molecule has 3 aromatic rings. The molecule has 1 saturated heterocycles. The highest BCUT2D eigenvalue weighted by Gasteiger charge is 2.31. The van der Waals surface area contributed by atoms with Gasteiger partial charge >= 0.3 is 6.18 Å². The second kappa shape index (κ2) is 9.93. The van der Waals surface area contributed by atoms with Crippen molar-refractivity contribution in [2.45, 2.75) is 32.2 Å². The number of benzene rings is 2. The average molecular weight is 490 g/mol. The molecule has 0 aliphatic carbocycles. The van der Waals surface area contributed by atoms with Gasteiger partial charge in [0.2, 0.25) is 11.8 Å². The highest BCUT2D eigenvalue weighted by molar-refractivity contribution is 6.33. The van der Waals surface area contributed by atoms with Gasteiger partial charge in [-0.1, -0.05) is 35.9 Å². The number of anilines is 1. The Morgan fingerprint density at radius 1 is 1.21 bits per heavy atom. The summed E-state index contributed by atoms with van der Waals surface area (Å²) in [5, 5.41) is 3.49. The first-order valence-corrected chi connectivity index (χ1v) is 11.2. The molecule has 0 bridgehead atoms. The van der Waals surface area contributed by atoms with Gasteiger partial charge in [0.25, 0.3) is 0 Å². The molecule has 178 valence electrons. The molecule has 0 unspecified atom stereocenters. The zero-order valence-corrected chi connectivity index (χ0v) is 19.2. The molecule has 5 nitrogen and oxygen atoms in total. The summed E-state index contributed by atoms with van der Waals surface area (Å²) < 4.78 is 44.1. The lowest BCUT2D eigenvalue weighted by Gasteiger charge is -2.23. The van der Waals surface area contributed by atoms with E-state index >= 15 is 0 Å². The predicted octanol–water partition coefficient (Wildman–Crippen LogP) is 5.71. The fraction of sp³-hybridized carbons (Fsp3) is 0.280. The Kier molecular flexibility index (Phi) is 6.97. The normalized spacial score (nSPS) is 15.9. The van der Waals surface area contributed by atoms with E-state index in [1.807, 2.05) is 42.5 Å². The van der Waals surface area contributed by atoms with Crippen LogP contribution < -0.4 is 15.0 Å². The van der Waals surface area contributed by atoms with E-state index in [1.165, 1.54) is 13.0 Å². The van der Waals surface area contributed by atoms with Crippen LogP contribution in [0.2, 0.25) is 5.02 Å². The number of hydrogen-bond donors (Lipinski definition) is 1. The summed E-state index contributed by atoms with van der Waals surface area (Å²) >= 11 is 6.37. The molecule has 9 heteroatoms. The molecule has 1 N–H and O–H groups in total. The first kappa shape index (κ1) is 23.9. The summed E-state index contributed by atoms with van der Waals surface area (Å²) in [5.41, 5.74) is 2.91. The molecule has 1 amide bonds. The maximum absolute atomic E-state index is 12.8. The van der Waals surface area contributed by atoms with Crippen LogP contribution in [0.5, 0.6) is 5.88 Å². The number of ether oxygens (including phenoxy) is 1. The van der Waals surface area contributed by atoms with Crippen molar-refractivity contribution in [3.63, 3.8) is 0 Å². The number of nitrogens with one attached hydrogen (secondary N) is 1. The number of nitrogens with zero attached hydrogens (tertiary/aromatic N) is 2. The van der Waals surface area contributed by atoms with Gasteiger partial charge < -0.3 is 15.0 Å². The zero-order valence-electron chi connectivity index (χ0n) is 18.4. The lowest BCUT2D eigenvalue weighted by molar-refractivity contribution is -0.137. The van der Waals surface area contributed by atoms with Crippen molar-refractivity contribution < 1.29 is 22.7 Å². The number of amides is 1. The Balaban J connectivity index is 1.51. The Labute approximate surface area is 200 Å². The molecule has 1 aliphatic heterocycles. The van der Waals surface area contributed by atoms with E-state index in [2.05, 4.69) is 15.2 Å². The van der Waals surface area contributed by atoms with Gasteiger partial charge in [0.15, 0.2) is 0 Å². The molecular formula is C25H23ClF3N3O2. The smallest absolute Gasteiger partial charge is 0.417 e. The minimum absolute atomic E-state index is 0.134. The quantitative estimate of drug-likeness (QED) is 0.481. The van der Waals surface area contributed by atoms with Crippen molar-refractivity contribution in [1.82, 2.24) is 10.3 Å². The van der Waals surface area contributed by atoms with Crippen molar-refractivity contribution >= 4 is 23.2 Å². The Morgan fingerprint density at radius 2 is 2.00 bits per heavy atom. The van der Waals surface area contributed by atoms with E-state index in [0.29, 0.717) is 31.1 Å². The molecule has 1 fully saturated rings. The maximum Gasteiger partial charge on any atom is 0.417 e. The van der Waals surface area contributed by atoms with Gasteiger partial charge in [-0.2, -0.15) is 13.2 Å². The lowest BCUT2D eigenvalue weighted by Crippen LogP contribution is -2.27. The standard InChI is InChI=1S/C25H23ClF3N3O2/c1-16(33)30-13-18-12-17(21-4-2-3-5-22(21)26)6-8-23(18)32-11-10-20(15-32)34-24-9-7-19(14-31-24)25(27,28)29/h2-9,12,14,20H,10-11,13,15H2,1H3,(H,30,33)/t20-/m0/s1. The summed E-state index contributed by atoms with van der Waals surface area (Å²) in [6, 6.07) is 15.8. The van der Waals surface area contributed by atoms with Gasteiger partial charge in [0.05, 0.1) is 12.1 Å². The minimum Gasteiger partial charge on any atom is -0.472 e. The Bertz CT molecular complexity index is 1170. The lowest BCUT2D eigenvalue weighted by atomic mass is 10.0. The van der Waals surface area contributed by atoms with Gasteiger partial charge in [0, 0.05) is 55.0 Å². The molecule has 0 radical (unpaired) electrons. The minimum atomic E-state index is -4.43. The topological polar surface area (TPSA) is 54.5 Å². The number of halogens is 4. The number of hydrogen-bond acceptors (Lipinski definition) is 4. The van der Waals surface area contributed by atoms with E-state index in [0.717, 1.165) is 34.6 Å². The van der Waals surface area contributed by atoms with E-state index in [-0.39, 0.29) is 17.9 Å². The summed E-state index contributed by atoms with van der Waals surface area (Å²) in [6.07, 6.45) is -3.19. The molecule has 0 saturated carbocycles. The van der Waals surface area contributed by atoms with Crippen LogP contribution in [0, 0.1) is 0 Å². The third-order valence-electron chi connectivity index (χ3n) is 5.63. The highest BCUT2D eigenvalue weighted by atomic mass is 35.5. The van der Waals surface area contributed by atoms with Crippen molar-refractivity contribution in [3.8, 4) is 17.0 Å². The summed E-state index contributed by atoms with van der Waals surface area (Å²) in [5.74, 6) is 0.0255. The van der Waals surface area contributed by atoms with Crippen molar-refractivity contribution in [2.75, 3.05) is 18.0 Å². The second-order valence-corrected chi connectivity index (χ2v) is 8.50. The summed E-state index contributed by atoms with van der Waals surface area (Å²) in [6.45, 7) is 3.06. The van der Waals surface area contributed by atoms with Crippen LogP contribution in [-0.2, 0) is 17.5 Å². The monoisotopic (exact) mass is 489 g/mol.